The van der Waals surface area contributed by atoms with Crippen LogP contribution in [0.2, 0.25) is 0 Å². The van der Waals surface area contributed by atoms with E-state index in [0.29, 0.717) is 0 Å². The van der Waals surface area contributed by atoms with Crippen LogP contribution in [0.1, 0.15) is 30.4 Å². The van der Waals surface area contributed by atoms with Crippen molar-refractivity contribution in [1.82, 2.24) is 0 Å². The minimum absolute atomic E-state index is 0.724. The number of fused-ring (bicyclic) bond motifs is 2. The number of benzene rings is 1. The molecule has 14 heavy (non-hydrogen) atoms. The molecule has 0 saturated heterocycles. The SMILES string of the molecule is C1=CC2CCCC2=Cc2ccccc21. The van der Waals surface area contributed by atoms with Crippen LogP contribution in [0, 0.1) is 5.92 Å². The third kappa shape index (κ3) is 1.22. The largest absolute Gasteiger partial charge is 0.0767 e. The van der Waals surface area contributed by atoms with E-state index in [2.05, 4.69) is 42.5 Å². The maximum absolute atomic E-state index is 2.40. The smallest absolute Gasteiger partial charge is 0.00165 e. The lowest BCUT2D eigenvalue weighted by Crippen LogP contribution is -1.88. The van der Waals surface area contributed by atoms with Gasteiger partial charge in [0.15, 0.2) is 0 Å². The average Bonchev–Trinajstić information content (AvgIpc) is 2.58. The van der Waals surface area contributed by atoms with E-state index in [1.807, 2.05) is 0 Å². The summed E-state index contributed by atoms with van der Waals surface area (Å²) >= 11 is 0. The zero-order valence-electron chi connectivity index (χ0n) is 8.24. The highest BCUT2D eigenvalue weighted by Crippen LogP contribution is 2.36. The molecule has 1 saturated carbocycles. The minimum atomic E-state index is 0.724. The molecular weight excluding hydrogens is 168 g/mol. The first-order valence-corrected chi connectivity index (χ1v) is 5.41. The number of hydrogen-bond acceptors (Lipinski definition) is 0. The van der Waals surface area contributed by atoms with E-state index >= 15 is 0 Å². The van der Waals surface area contributed by atoms with Crippen LogP contribution < -0.4 is 0 Å². The molecule has 0 N–H and O–H groups in total. The molecule has 0 aliphatic heterocycles. The van der Waals surface area contributed by atoms with E-state index < -0.39 is 0 Å². The molecule has 0 spiro atoms. The molecular formula is C14H14. The van der Waals surface area contributed by atoms with Crippen molar-refractivity contribution in [1.29, 1.82) is 0 Å². The van der Waals surface area contributed by atoms with E-state index in [9.17, 15) is 0 Å². The highest BCUT2D eigenvalue weighted by Gasteiger charge is 2.19. The van der Waals surface area contributed by atoms with Crippen molar-refractivity contribution in [2.75, 3.05) is 0 Å². The van der Waals surface area contributed by atoms with Gasteiger partial charge < -0.3 is 0 Å². The molecule has 0 heterocycles. The summed E-state index contributed by atoms with van der Waals surface area (Å²) in [6.45, 7) is 0. The second kappa shape index (κ2) is 3.13. The van der Waals surface area contributed by atoms with Gasteiger partial charge in [-0.05, 0) is 36.3 Å². The number of allylic oxidation sites excluding steroid dienone is 2. The lowest BCUT2D eigenvalue weighted by Gasteiger charge is -2.03. The number of hydrogen-bond donors (Lipinski definition) is 0. The molecule has 0 amide bonds. The van der Waals surface area contributed by atoms with E-state index in [1.54, 1.807) is 5.57 Å². The minimum Gasteiger partial charge on any atom is -0.0767 e. The van der Waals surface area contributed by atoms with Crippen molar-refractivity contribution in [2.45, 2.75) is 19.3 Å². The summed E-state index contributed by atoms with van der Waals surface area (Å²) in [5.74, 6) is 0.724. The van der Waals surface area contributed by atoms with Crippen LogP contribution in [0.4, 0.5) is 0 Å². The van der Waals surface area contributed by atoms with Gasteiger partial charge in [-0.3, -0.25) is 0 Å². The van der Waals surface area contributed by atoms with Crippen molar-refractivity contribution < 1.29 is 0 Å². The molecule has 1 fully saturated rings. The zero-order chi connectivity index (χ0) is 9.38. The van der Waals surface area contributed by atoms with Crippen LogP contribution in [-0.4, -0.2) is 0 Å². The second-order valence-corrected chi connectivity index (χ2v) is 4.21. The Morgan fingerprint density at radius 3 is 2.86 bits per heavy atom. The van der Waals surface area contributed by atoms with Gasteiger partial charge in [-0.15, -0.1) is 0 Å². The molecule has 2 aliphatic carbocycles. The standard InChI is InChI=1S/C14H14/c1-2-5-13-10-14-7-3-6-12(14)9-8-11(13)4-1/h1-2,4-5,8-10,12H,3,6-7H2. The molecule has 0 nitrogen and oxygen atoms in total. The predicted molar refractivity (Wildman–Crippen MR) is 60.8 cm³/mol. The first kappa shape index (κ1) is 8.05. The second-order valence-electron chi connectivity index (χ2n) is 4.21. The van der Waals surface area contributed by atoms with Crippen LogP contribution in [0.15, 0.2) is 35.9 Å². The first-order chi connectivity index (χ1) is 6.93. The summed E-state index contributed by atoms with van der Waals surface area (Å²) in [5.41, 5.74) is 4.39. The average molecular weight is 182 g/mol. The van der Waals surface area contributed by atoms with Gasteiger partial charge in [0, 0.05) is 0 Å². The molecule has 2 aliphatic rings. The molecule has 1 unspecified atom stereocenters. The first-order valence-electron chi connectivity index (χ1n) is 5.41. The van der Waals surface area contributed by atoms with Crippen molar-refractivity contribution >= 4 is 12.2 Å². The molecule has 0 aromatic heterocycles. The monoisotopic (exact) mass is 182 g/mol. The van der Waals surface area contributed by atoms with Crippen LogP contribution in [-0.2, 0) is 0 Å². The van der Waals surface area contributed by atoms with Crippen molar-refractivity contribution in [2.24, 2.45) is 5.92 Å². The summed E-state index contributed by atoms with van der Waals surface area (Å²) in [6, 6.07) is 8.65. The van der Waals surface area contributed by atoms with Gasteiger partial charge in [-0.1, -0.05) is 48.1 Å². The van der Waals surface area contributed by atoms with Crippen LogP contribution in [0.5, 0.6) is 0 Å². The van der Waals surface area contributed by atoms with Crippen LogP contribution in [0.25, 0.3) is 12.2 Å². The molecule has 1 atom stereocenters. The van der Waals surface area contributed by atoms with Crippen LogP contribution in [0.3, 0.4) is 0 Å². The lowest BCUT2D eigenvalue weighted by atomic mass is 10.0. The van der Waals surface area contributed by atoms with Crippen molar-refractivity contribution in [3.63, 3.8) is 0 Å². The Morgan fingerprint density at radius 1 is 1.07 bits per heavy atom. The summed E-state index contributed by atoms with van der Waals surface area (Å²) in [7, 11) is 0. The number of rotatable bonds is 0. The third-order valence-corrected chi connectivity index (χ3v) is 3.30. The Morgan fingerprint density at radius 2 is 1.93 bits per heavy atom. The zero-order valence-corrected chi connectivity index (χ0v) is 8.24. The van der Waals surface area contributed by atoms with Crippen molar-refractivity contribution in [3.8, 4) is 0 Å². The summed E-state index contributed by atoms with van der Waals surface area (Å²) < 4.78 is 0. The Hall–Kier alpha value is -1.30. The van der Waals surface area contributed by atoms with E-state index in [-0.39, 0.29) is 0 Å². The van der Waals surface area contributed by atoms with Gasteiger partial charge in [-0.2, -0.15) is 0 Å². The maximum Gasteiger partial charge on any atom is -0.00165 e. The van der Waals surface area contributed by atoms with Gasteiger partial charge in [0.1, 0.15) is 0 Å². The molecule has 0 heteroatoms. The van der Waals surface area contributed by atoms with Gasteiger partial charge in [0.2, 0.25) is 0 Å². The predicted octanol–water partition coefficient (Wildman–Crippen LogP) is 3.90. The summed E-state index contributed by atoms with van der Waals surface area (Å²) in [5, 5.41) is 0. The van der Waals surface area contributed by atoms with Gasteiger partial charge in [-0.25, -0.2) is 0 Å². The summed E-state index contributed by atoms with van der Waals surface area (Å²) in [6.07, 6.45) is 11.1. The van der Waals surface area contributed by atoms with Crippen molar-refractivity contribution in [3.05, 3.63) is 47.0 Å². The molecule has 70 valence electrons. The molecule has 3 rings (SSSR count). The normalized spacial score (nSPS) is 23.7. The van der Waals surface area contributed by atoms with Gasteiger partial charge in [0.25, 0.3) is 0 Å². The molecule has 1 aromatic rings. The highest BCUT2D eigenvalue weighted by molar-refractivity contribution is 5.70. The fourth-order valence-electron chi connectivity index (χ4n) is 2.51. The molecule has 1 aromatic carbocycles. The molecule has 0 bridgehead atoms. The van der Waals surface area contributed by atoms with Gasteiger partial charge in [0.05, 0.1) is 0 Å². The Kier molecular flexibility index (Phi) is 1.80. The summed E-state index contributed by atoms with van der Waals surface area (Å²) in [4.78, 5) is 0. The van der Waals surface area contributed by atoms with E-state index in [0.717, 1.165) is 5.92 Å². The lowest BCUT2D eigenvalue weighted by molar-refractivity contribution is 0.770. The van der Waals surface area contributed by atoms with E-state index in [4.69, 9.17) is 0 Å². The highest BCUT2D eigenvalue weighted by atomic mass is 14.2. The fourth-order valence-corrected chi connectivity index (χ4v) is 2.51. The molecule has 0 radical (unpaired) electrons. The topological polar surface area (TPSA) is 0 Å². The fraction of sp³-hybridized carbons (Fsp3) is 0.286. The quantitative estimate of drug-likeness (QED) is 0.571. The Bertz CT molecular complexity index is 410. The van der Waals surface area contributed by atoms with Gasteiger partial charge >= 0.3 is 0 Å². The van der Waals surface area contributed by atoms with Crippen LogP contribution >= 0.6 is 0 Å². The third-order valence-electron chi connectivity index (χ3n) is 3.30. The van der Waals surface area contributed by atoms with E-state index in [1.165, 1.54) is 30.4 Å². The Labute approximate surface area is 85.0 Å². The maximum atomic E-state index is 2.40. The Balaban J connectivity index is 2.15.